The SMILES string of the molecule is CCC(NC(=O)OC(C)(C)C)C(=O)Nc1ccc(O)c(C(=O)OC)c1. The van der Waals surface area contributed by atoms with Gasteiger partial charge in [-0.25, -0.2) is 9.59 Å². The van der Waals surface area contributed by atoms with Gasteiger partial charge in [0, 0.05) is 5.69 Å². The van der Waals surface area contributed by atoms with Gasteiger partial charge in [0.15, 0.2) is 0 Å². The molecule has 1 atom stereocenters. The van der Waals surface area contributed by atoms with E-state index in [0.29, 0.717) is 6.42 Å². The van der Waals surface area contributed by atoms with E-state index in [1.54, 1.807) is 27.7 Å². The predicted octanol–water partition coefficient (Wildman–Crippen LogP) is 2.42. The number of hydrogen-bond acceptors (Lipinski definition) is 6. The Bertz CT molecular complexity index is 651. The molecule has 0 heterocycles. The van der Waals surface area contributed by atoms with Crippen LogP contribution in [0.15, 0.2) is 18.2 Å². The molecule has 1 unspecified atom stereocenters. The second-order valence-electron chi connectivity index (χ2n) is 6.32. The van der Waals surface area contributed by atoms with Gasteiger partial charge in [-0.1, -0.05) is 6.92 Å². The molecule has 0 aromatic heterocycles. The number of amides is 2. The van der Waals surface area contributed by atoms with Crippen LogP contribution in [0.4, 0.5) is 10.5 Å². The van der Waals surface area contributed by atoms with E-state index in [1.165, 1.54) is 25.3 Å². The van der Waals surface area contributed by atoms with Crippen LogP contribution < -0.4 is 10.6 Å². The molecule has 138 valence electrons. The number of rotatable bonds is 5. The van der Waals surface area contributed by atoms with E-state index in [2.05, 4.69) is 15.4 Å². The van der Waals surface area contributed by atoms with Crippen LogP contribution >= 0.6 is 0 Å². The highest BCUT2D eigenvalue weighted by Gasteiger charge is 2.23. The fourth-order valence-electron chi connectivity index (χ4n) is 1.92. The van der Waals surface area contributed by atoms with Crippen molar-refractivity contribution < 1.29 is 29.0 Å². The standard InChI is InChI=1S/C17H24N2O6/c1-6-12(19-16(23)25-17(2,3)4)14(21)18-10-7-8-13(20)11(9-10)15(22)24-5/h7-9,12,20H,6H2,1-5H3,(H,18,21)(H,19,23). The minimum Gasteiger partial charge on any atom is -0.507 e. The lowest BCUT2D eigenvalue weighted by Gasteiger charge is -2.22. The minimum atomic E-state index is -0.815. The molecule has 0 aliphatic carbocycles. The lowest BCUT2D eigenvalue weighted by molar-refractivity contribution is -0.118. The summed E-state index contributed by atoms with van der Waals surface area (Å²) in [4.78, 5) is 35.7. The average molecular weight is 352 g/mol. The Morgan fingerprint density at radius 1 is 1.24 bits per heavy atom. The van der Waals surface area contributed by atoms with Crippen molar-refractivity contribution in [1.82, 2.24) is 5.32 Å². The molecular weight excluding hydrogens is 328 g/mol. The van der Waals surface area contributed by atoms with Crippen molar-refractivity contribution >= 4 is 23.7 Å². The van der Waals surface area contributed by atoms with E-state index in [0.717, 1.165) is 0 Å². The van der Waals surface area contributed by atoms with Crippen molar-refractivity contribution in [2.45, 2.75) is 45.8 Å². The monoisotopic (exact) mass is 352 g/mol. The summed E-state index contributed by atoms with van der Waals surface area (Å²) in [7, 11) is 1.19. The maximum absolute atomic E-state index is 12.3. The number of esters is 1. The van der Waals surface area contributed by atoms with Crippen LogP contribution in [-0.2, 0) is 14.3 Å². The molecule has 0 bridgehead atoms. The molecule has 1 aromatic carbocycles. The molecule has 0 fully saturated rings. The summed E-state index contributed by atoms with van der Waals surface area (Å²) in [6.07, 6.45) is -0.358. The third kappa shape index (κ3) is 6.33. The van der Waals surface area contributed by atoms with Gasteiger partial charge in [0.1, 0.15) is 23.0 Å². The smallest absolute Gasteiger partial charge is 0.408 e. The summed E-state index contributed by atoms with van der Waals surface area (Å²) in [5, 5.41) is 14.7. The predicted molar refractivity (Wildman–Crippen MR) is 91.5 cm³/mol. The number of hydrogen-bond donors (Lipinski definition) is 3. The van der Waals surface area contributed by atoms with Crippen LogP contribution in [0.3, 0.4) is 0 Å². The molecule has 3 N–H and O–H groups in total. The highest BCUT2D eigenvalue weighted by molar-refractivity contribution is 5.99. The van der Waals surface area contributed by atoms with Crippen molar-refractivity contribution in [2.24, 2.45) is 0 Å². The summed E-state index contributed by atoms with van der Waals surface area (Å²) >= 11 is 0. The van der Waals surface area contributed by atoms with Gasteiger partial charge < -0.3 is 25.2 Å². The summed E-state index contributed by atoms with van der Waals surface area (Å²) in [5.41, 5.74) is -0.466. The average Bonchev–Trinajstić information content (AvgIpc) is 2.51. The molecule has 0 saturated heterocycles. The van der Waals surface area contributed by atoms with Gasteiger partial charge >= 0.3 is 12.1 Å². The van der Waals surface area contributed by atoms with Crippen molar-refractivity contribution in [1.29, 1.82) is 0 Å². The highest BCUT2D eigenvalue weighted by Crippen LogP contribution is 2.22. The lowest BCUT2D eigenvalue weighted by atomic mass is 10.1. The van der Waals surface area contributed by atoms with Crippen LogP contribution in [0, 0.1) is 0 Å². The third-order valence-electron chi connectivity index (χ3n) is 3.09. The zero-order chi connectivity index (χ0) is 19.2. The number of anilines is 1. The van der Waals surface area contributed by atoms with Crippen LogP contribution in [0.5, 0.6) is 5.75 Å². The van der Waals surface area contributed by atoms with Crippen molar-refractivity contribution in [2.75, 3.05) is 12.4 Å². The van der Waals surface area contributed by atoms with Crippen LogP contribution in [0.25, 0.3) is 0 Å². The molecule has 8 nitrogen and oxygen atoms in total. The second-order valence-corrected chi connectivity index (χ2v) is 6.32. The fraction of sp³-hybridized carbons (Fsp3) is 0.471. The number of carbonyl (C=O) groups is 3. The van der Waals surface area contributed by atoms with Gasteiger partial charge in [-0.15, -0.1) is 0 Å². The van der Waals surface area contributed by atoms with Crippen LogP contribution in [0.1, 0.15) is 44.5 Å². The minimum absolute atomic E-state index is 0.0755. The number of aromatic hydroxyl groups is 1. The Hall–Kier alpha value is -2.77. The number of alkyl carbamates (subject to hydrolysis) is 1. The number of phenols is 1. The zero-order valence-corrected chi connectivity index (χ0v) is 15.0. The number of nitrogens with one attached hydrogen (secondary N) is 2. The van der Waals surface area contributed by atoms with E-state index < -0.39 is 29.6 Å². The maximum atomic E-state index is 12.3. The topological polar surface area (TPSA) is 114 Å². The van der Waals surface area contributed by atoms with Gasteiger partial charge in [0.25, 0.3) is 0 Å². The quantitative estimate of drug-likeness (QED) is 0.554. The molecule has 0 spiro atoms. The molecule has 1 rings (SSSR count). The van der Waals surface area contributed by atoms with E-state index >= 15 is 0 Å². The van der Waals surface area contributed by atoms with Crippen molar-refractivity contribution in [3.05, 3.63) is 23.8 Å². The summed E-state index contributed by atoms with van der Waals surface area (Å²) < 4.78 is 9.69. The Balaban J connectivity index is 2.82. The molecule has 0 radical (unpaired) electrons. The van der Waals surface area contributed by atoms with E-state index in [9.17, 15) is 19.5 Å². The summed E-state index contributed by atoms with van der Waals surface area (Å²) in [6, 6.07) is 3.17. The van der Waals surface area contributed by atoms with Crippen LogP contribution in [0.2, 0.25) is 0 Å². The maximum Gasteiger partial charge on any atom is 0.408 e. The Kier molecular flexibility index (Phi) is 6.78. The van der Waals surface area contributed by atoms with Crippen molar-refractivity contribution in [3.63, 3.8) is 0 Å². The molecule has 1 aromatic rings. The first-order valence-corrected chi connectivity index (χ1v) is 7.79. The van der Waals surface area contributed by atoms with E-state index in [-0.39, 0.29) is 17.0 Å². The molecule has 2 amide bonds. The first kappa shape index (κ1) is 20.3. The number of carbonyl (C=O) groups excluding carboxylic acids is 3. The Morgan fingerprint density at radius 3 is 2.40 bits per heavy atom. The number of methoxy groups -OCH3 is 1. The zero-order valence-electron chi connectivity index (χ0n) is 15.0. The van der Waals surface area contributed by atoms with E-state index in [4.69, 9.17) is 4.74 Å². The van der Waals surface area contributed by atoms with Gasteiger partial charge in [0.2, 0.25) is 5.91 Å². The summed E-state index contributed by atoms with van der Waals surface area (Å²) in [6.45, 7) is 6.90. The lowest BCUT2D eigenvalue weighted by Crippen LogP contribution is -2.45. The van der Waals surface area contributed by atoms with Gasteiger partial charge in [-0.3, -0.25) is 4.79 Å². The van der Waals surface area contributed by atoms with E-state index in [1.807, 2.05) is 0 Å². The first-order valence-electron chi connectivity index (χ1n) is 7.79. The molecule has 0 saturated carbocycles. The second kappa shape index (κ2) is 8.36. The molecule has 8 heteroatoms. The largest absolute Gasteiger partial charge is 0.507 e. The molecule has 0 aliphatic heterocycles. The van der Waals surface area contributed by atoms with Gasteiger partial charge in [-0.05, 0) is 45.4 Å². The Labute approximate surface area is 146 Å². The molecular formula is C17H24N2O6. The Morgan fingerprint density at radius 2 is 1.88 bits per heavy atom. The van der Waals surface area contributed by atoms with Gasteiger partial charge in [0.05, 0.1) is 7.11 Å². The highest BCUT2D eigenvalue weighted by atomic mass is 16.6. The fourth-order valence-corrected chi connectivity index (χ4v) is 1.92. The normalized spacial score (nSPS) is 12.0. The molecule has 0 aliphatic rings. The van der Waals surface area contributed by atoms with Crippen molar-refractivity contribution in [3.8, 4) is 5.75 Å². The number of ether oxygens (including phenoxy) is 2. The summed E-state index contributed by atoms with van der Waals surface area (Å²) in [5.74, 6) is -1.47. The first-order chi connectivity index (χ1) is 11.6. The van der Waals surface area contributed by atoms with Gasteiger partial charge in [-0.2, -0.15) is 0 Å². The number of benzene rings is 1. The molecule has 25 heavy (non-hydrogen) atoms. The van der Waals surface area contributed by atoms with Crippen LogP contribution in [-0.4, -0.2) is 41.8 Å². The third-order valence-corrected chi connectivity index (χ3v) is 3.09. The number of phenolic OH excluding ortho intramolecular Hbond substituents is 1.